The van der Waals surface area contributed by atoms with Gasteiger partial charge in [0.1, 0.15) is 5.75 Å². The van der Waals surface area contributed by atoms with E-state index in [1.165, 1.54) is 0 Å². The second-order valence-electron chi connectivity index (χ2n) is 5.37. The van der Waals surface area contributed by atoms with E-state index >= 15 is 0 Å². The minimum absolute atomic E-state index is 0.0255. The maximum Gasteiger partial charge on any atom is 0.257 e. The average Bonchev–Trinajstić information content (AvgIpc) is 2.61. The number of carbonyl (C=O) groups excluding carboxylic acids is 1. The van der Waals surface area contributed by atoms with Crippen molar-refractivity contribution >= 4 is 16.7 Å². The molecule has 2 aromatic carbocycles. The van der Waals surface area contributed by atoms with Crippen molar-refractivity contribution in [2.45, 2.75) is 19.1 Å². The lowest BCUT2D eigenvalue weighted by Gasteiger charge is -2.10. The molecule has 1 atom stereocenters. The van der Waals surface area contributed by atoms with Crippen molar-refractivity contribution < 1.29 is 13.7 Å². The highest BCUT2D eigenvalue weighted by Gasteiger charge is 2.07. The highest BCUT2D eigenvalue weighted by atomic mass is 32.2. The summed E-state index contributed by atoms with van der Waals surface area (Å²) in [7, 11) is -0.988. The van der Waals surface area contributed by atoms with Crippen molar-refractivity contribution in [3.8, 4) is 5.75 Å². The van der Waals surface area contributed by atoms with Gasteiger partial charge in [0, 0.05) is 28.9 Å². The molecule has 0 aliphatic heterocycles. The molecular formula is C19H23NO3S. The Balaban J connectivity index is 1.67. The first-order chi connectivity index (χ1) is 11.7. The molecule has 0 heterocycles. The van der Waals surface area contributed by atoms with E-state index in [0.717, 1.165) is 23.3 Å². The Morgan fingerprint density at radius 3 is 2.54 bits per heavy atom. The van der Waals surface area contributed by atoms with Crippen LogP contribution >= 0.6 is 0 Å². The number of nitrogens with one attached hydrogen (secondary N) is 1. The van der Waals surface area contributed by atoms with Gasteiger partial charge in [-0.25, -0.2) is 0 Å². The number of hydrogen-bond donors (Lipinski definition) is 1. The summed E-state index contributed by atoms with van der Waals surface area (Å²) in [5.41, 5.74) is 2.12. The molecule has 24 heavy (non-hydrogen) atoms. The van der Waals surface area contributed by atoms with Gasteiger partial charge in [-0.3, -0.25) is 9.00 Å². The topological polar surface area (TPSA) is 55.4 Å². The molecule has 2 rings (SSSR count). The molecule has 5 heteroatoms. The lowest BCUT2D eigenvalue weighted by molar-refractivity contribution is -0.122. The molecule has 4 nitrogen and oxygen atoms in total. The summed E-state index contributed by atoms with van der Waals surface area (Å²) in [6.45, 7) is 2.41. The molecule has 0 saturated carbocycles. The minimum atomic E-state index is -0.988. The van der Waals surface area contributed by atoms with E-state index < -0.39 is 10.8 Å². The molecule has 0 spiro atoms. The van der Waals surface area contributed by atoms with Gasteiger partial charge in [0.25, 0.3) is 5.91 Å². The van der Waals surface area contributed by atoms with Crippen molar-refractivity contribution in [1.82, 2.24) is 5.32 Å². The zero-order valence-corrected chi connectivity index (χ0v) is 14.7. The van der Waals surface area contributed by atoms with Crippen molar-refractivity contribution in [2.75, 3.05) is 18.9 Å². The lowest BCUT2D eigenvalue weighted by atomic mass is 10.1. The number of aryl methyl sites for hydroxylation is 1. The Morgan fingerprint density at radius 1 is 1.08 bits per heavy atom. The Labute approximate surface area is 145 Å². The first-order valence-electron chi connectivity index (χ1n) is 8.05. The molecule has 2 aromatic rings. The number of amides is 1. The monoisotopic (exact) mass is 345 g/mol. The van der Waals surface area contributed by atoms with Crippen LogP contribution in [0.4, 0.5) is 0 Å². The molecular weight excluding hydrogens is 322 g/mol. The van der Waals surface area contributed by atoms with E-state index in [1.807, 2.05) is 61.5 Å². The Bertz CT molecular complexity index is 673. The predicted molar refractivity (Wildman–Crippen MR) is 97.5 cm³/mol. The van der Waals surface area contributed by atoms with Gasteiger partial charge in [-0.05, 0) is 23.6 Å². The van der Waals surface area contributed by atoms with Gasteiger partial charge in [-0.1, -0.05) is 55.5 Å². The van der Waals surface area contributed by atoms with Gasteiger partial charge >= 0.3 is 0 Å². The van der Waals surface area contributed by atoms with Crippen LogP contribution in [0.15, 0.2) is 54.6 Å². The summed E-state index contributed by atoms with van der Waals surface area (Å²) in [5, 5.41) is 2.75. The Hall–Kier alpha value is -2.14. The summed E-state index contributed by atoms with van der Waals surface area (Å²) in [6.07, 6.45) is 0.857. The first-order valence-corrected chi connectivity index (χ1v) is 9.54. The molecule has 128 valence electrons. The fourth-order valence-corrected chi connectivity index (χ4v) is 3.31. The smallest absolute Gasteiger partial charge is 0.257 e. The predicted octanol–water partition coefficient (Wildman–Crippen LogP) is 2.69. The minimum Gasteiger partial charge on any atom is -0.483 e. The van der Waals surface area contributed by atoms with Crippen LogP contribution in [0.2, 0.25) is 0 Å². The molecule has 0 radical (unpaired) electrons. The van der Waals surface area contributed by atoms with Crippen LogP contribution in [-0.4, -0.2) is 29.0 Å². The zero-order chi connectivity index (χ0) is 17.2. The second-order valence-corrected chi connectivity index (χ2v) is 6.95. The average molecular weight is 345 g/mol. The third-order valence-corrected chi connectivity index (χ3v) is 4.85. The molecule has 0 saturated heterocycles. The van der Waals surface area contributed by atoms with Crippen molar-refractivity contribution in [3.05, 3.63) is 65.7 Å². The summed E-state index contributed by atoms with van der Waals surface area (Å²) in [5.74, 6) is 1.49. The van der Waals surface area contributed by atoms with Crippen LogP contribution in [0, 0.1) is 0 Å². The summed E-state index contributed by atoms with van der Waals surface area (Å²) >= 11 is 0. The third-order valence-electron chi connectivity index (χ3n) is 3.53. The highest BCUT2D eigenvalue weighted by molar-refractivity contribution is 7.84. The van der Waals surface area contributed by atoms with Crippen LogP contribution in [0.1, 0.15) is 18.1 Å². The zero-order valence-electron chi connectivity index (χ0n) is 13.9. The Kier molecular flexibility index (Phi) is 7.49. The Morgan fingerprint density at radius 2 is 1.79 bits per heavy atom. The van der Waals surface area contributed by atoms with Gasteiger partial charge < -0.3 is 10.1 Å². The molecule has 0 aromatic heterocycles. The van der Waals surface area contributed by atoms with Gasteiger partial charge in [0.15, 0.2) is 6.61 Å². The molecule has 0 fully saturated rings. The van der Waals surface area contributed by atoms with Crippen LogP contribution in [0.25, 0.3) is 0 Å². The van der Waals surface area contributed by atoms with E-state index in [0.29, 0.717) is 18.1 Å². The molecule has 1 amide bonds. The van der Waals surface area contributed by atoms with Crippen molar-refractivity contribution in [3.63, 3.8) is 0 Å². The van der Waals surface area contributed by atoms with Gasteiger partial charge in [-0.2, -0.15) is 0 Å². The molecule has 1 unspecified atom stereocenters. The fourth-order valence-electron chi connectivity index (χ4n) is 2.27. The number of rotatable bonds is 9. The third kappa shape index (κ3) is 6.16. The van der Waals surface area contributed by atoms with Crippen LogP contribution in [0.5, 0.6) is 5.75 Å². The van der Waals surface area contributed by atoms with Gasteiger partial charge in [-0.15, -0.1) is 0 Å². The van der Waals surface area contributed by atoms with Gasteiger partial charge in [0.2, 0.25) is 0 Å². The second kappa shape index (κ2) is 9.88. The number of carbonyl (C=O) groups is 1. The molecule has 1 N–H and O–H groups in total. The van der Waals surface area contributed by atoms with Crippen molar-refractivity contribution in [2.24, 2.45) is 0 Å². The molecule has 0 aliphatic rings. The van der Waals surface area contributed by atoms with Crippen LogP contribution < -0.4 is 10.1 Å². The van der Waals surface area contributed by atoms with E-state index in [2.05, 4.69) is 5.32 Å². The molecule has 0 bridgehead atoms. The van der Waals surface area contributed by atoms with Crippen molar-refractivity contribution in [1.29, 1.82) is 0 Å². The number of hydrogen-bond acceptors (Lipinski definition) is 3. The fraction of sp³-hybridized carbons (Fsp3) is 0.316. The summed E-state index contributed by atoms with van der Waals surface area (Å²) in [4.78, 5) is 11.8. The lowest BCUT2D eigenvalue weighted by Crippen LogP contribution is -2.32. The van der Waals surface area contributed by atoms with Crippen LogP contribution in [-0.2, 0) is 27.8 Å². The van der Waals surface area contributed by atoms with E-state index in [4.69, 9.17) is 4.74 Å². The van der Waals surface area contributed by atoms with Crippen LogP contribution in [0.3, 0.4) is 0 Å². The van der Waals surface area contributed by atoms with E-state index in [-0.39, 0.29) is 12.5 Å². The largest absolute Gasteiger partial charge is 0.483 e. The summed E-state index contributed by atoms with van der Waals surface area (Å²) in [6, 6.07) is 17.4. The number of benzene rings is 2. The van der Waals surface area contributed by atoms with E-state index in [9.17, 15) is 9.00 Å². The first kappa shape index (κ1) is 18.2. The maximum atomic E-state index is 12.0. The molecule has 0 aliphatic carbocycles. The number of ether oxygens (including phenoxy) is 1. The van der Waals surface area contributed by atoms with E-state index in [1.54, 1.807) is 0 Å². The highest BCUT2D eigenvalue weighted by Crippen LogP contribution is 2.17. The SMILES string of the molecule is CCc1ccccc1OCC(=O)NCCS(=O)Cc1ccccc1. The summed E-state index contributed by atoms with van der Waals surface area (Å²) < 4.78 is 17.5. The normalized spacial score (nSPS) is 11.7. The standard InChI is InChI=1S/C19H23NO3S/c1-2-17-10-6-7-11-18(17)23-14-19(21)20-12-13-24(22)15-16-8-4-3-5-9-16/h3-11H,2,12-15H2,1H3,(H,20,21). The maximum absolute atomic E-state index is 12.0. The number of para-hydroxylation sites is 1. The van der Waals surface area contributed by atoms with Gasteiger partial charge in [0.05, 0.1) is 0 Å². The quantitative estimate of drug-likeness (QED) is 0.760.